The Kier molecular flexibility index (Phi) is 10.2. The van der Waals surface area contributed by atoms with Gasteiger partial charge in [-0.2, -0.15) is 11.2 Å². The van der Waals surface area contributed by atoms with Crippen LogP contribution in [0.1, 0.15) is 99.5 Å². The van der Waals surface area contributed by atoms with Crippen LogP contribution in [0.2, 0.25) is 0 Å². The summed E-state index contributed by atoms with van der Waals surface area (Å²) in [6, 6.07) is 33.0. The molecule has 7 rings (SSSR count). The van der Waals surface area contributed by atoms with Gasteiger partial charge in [0.15, 0.2) is 0 Å². The molecule has 5 nitrogen and oxygen atoms in total. The summed E-state index contributed by atoms with van der Waals surface area (Å²) in [4.78, 5) is 4.84. The Balaban J connectivity index is 0.00000464. The second kappa shape index (κ2) is 14.2. The van der Waals surface area contributed by atoms with Crippen molar-refractivity contribution in [2.45, 2.75) is 93.4 Å². The van der Waals surface area contributed by atoms with E-state index in [4.69, 9.17) is 14.8 Å². The summed E-state index contributed by atoms with van der Waals surface area (Å²) >= 11 is 0. The molecular formula is C46H48N4OPt. The molecule has 0 unspecified atom stereocenters. The first-order valence-corrected chi connectivity index (χ1v) is 18.1. The number of nitrogens with zero attached hydrogens (tertiary/aromatic N) is 4. The van der Waals surface area contributed by atoms with Gasteiger partial charge in [0, 0.05) is 28.8 Å². The van der Waals surface area contributed by atoms with Crippen LogP contribution in [0, 0.1) is 39.8 Å². The van der Waals surface area contributed by atoms with Crippen molar-refractivity contribution in [2.24, 2.45) is 0 Å². The number of aryl methyl sites for hydroxylation is 4. The second-order valence-electron chi connectivity index (χ2n) is 15.7. The largest absolute Gasteiger partial charge is 2.00 e. The topological polar surface area (TPSA) is 44.9 Å². The van der Waals surface area contributed by atoms with Crippen LogP contribution in [-0.2, 0) is 26.5 Å². The Morgan fingerprint density at radius 2 is 1.44 bits per heavy atom. The van der Waals surface area contributed by atoms with E-state index in [-0.39, 0.29) is 38.3 Å². The van der Waals surface area contributed by atoms with Crippen LogP contribution >= 0.6 is 0 Å². The molecule has 6 heteroatoms. The van der Waals surface area contributed by atoms with Crippen LogP contribution in [0.3, 0.4) is 0 Å². The Labute approximate surface area is 323 Å². The van der Waals surface area contributed by atoms with E-state index in [1.165, 1.54) is 39.1 Å². The average molecular weight is 868 g/mol. The molecule has 0 fully saturated rings. The SMILES string of the molecule is Cc1cc(C)c(-c2c(C)nn(-c3[c-]c(Oc4[c-]c5c(cc4)c4ccccc4n5-c4cc(C(C)(C)C)ccn4)cc(C(C)C)c3)c2C(C)C)c(C)c1.[Pt+2]. The summed E-state index contributed by atoms with van der Waals surface area (Å²) in [5.41, 5.74) is 13.7. The molecule has 0 radical (unpaired) electrons. The molecule has 0 saturated carbocycles. The first-order chi connectivity index (χ1) is 24.2. The molecule has 0 amide bonds. The fraction of sp³-hybridized carbons (Fsp3) is 0.304. The molecule has 0 spiro atoms. The molecule has 52 heavy (non-hydrogen) atoms. The van der Waals surface area contributed by atoms with Gasteiger partial charge in [-0.05, 0) is 96.5 Å². The van der Waals surface area contributed by atoms with Crippen molar-refractivity contribution in [3.05, 3.63) is 130 Å². The predicted molar refractivity (Wildman–Crippen MR) is 211 cm³/mol. The van der Waals surface area contributed by atoms with Crippen molar-refractivity contribution in [3.8, 4) is 34.1 Å². The van der Waals surface area contributed by atoms with Crippen molar-refractivity contribution in [3.63, 3.8) is 0 Å². The number of para-hydroxylation sites is 1. The molecule has 0 aliphatic carbocycles. The van der Waals surface area contributed by atoms with E-state index in [9.17, 15) is 0 Å². The van der Waals surface area contributed by atoms with Gasteiger partial charge in [-0.15, -0.1) is 41.3 Å². The van der Waals surface area contributed by atoms with Crippen LogP contribution in [0.15, 0.2) is 79.0 Å². The van der Waals surface area contributed by atoms with Gasteiger partial charge in [-0.25, -0.2) is 4.98 Å². The maximum absolute atomic E-state index is 6.69. The van der Waals surface area contributed by atoms with Crippen molar-refractivity contribution in [2.75, 3.05) is 0 Å². The van der Waals surface area contributed by atoms with Crippen LogP contribution in [0.5, 0.6) is 11.5 Å². The number of pyridine rings is 1. The maximum atomic E-state index is 6.69. The molecular weight excluding hydrogens is 820 g/mol. The van der Waals surface area contributed by atoms with Crippen LogP contribution in [0.4, 0.5) is 0 Å². The molecule has 3 aromatic heterocycles. The molecule has 4 aromatic carbocycles. The first-order valence-electron chi connectivity index (χ1n) is 18.1. The number of benzene rings is 4. The fourth-order valence-electron chi connectivity index (χ4n) is 7.49. The molecule has 0 bridgehead atoms. The van der Waals surface area contributed by atoms with E-state index >= 15 is 0 Å². The Hall–Kier alpha value is -4.47. The van der Waals surface area contributed by atoms with Gasteiger partial charge in [-0.3, -0.25) is 4.68 Å². The van der Waals surface area contributed by atoms with Crippen molar-refractivity contribution < 1.29 is 25.8 Å². The maximum Gasteiger partial charge on any atom is 2.00 e. The Bertz CT molecular complexity index is 2420. The van der Waals surface area contributed by atoms with Gasteiger partial charge >= 0.3 is 21.1 Å². The van der Waals surface area contributed by atoms with Gasteiger partial charge in [0.25, 0.3) is 0 Å². The molecule has 0 atom stereocenters. The van der Waals surface area contributed by atoms with Gasteiger partial charge in [0.2, 0.25) is 0 Å². The van der Waals surface area contributed by atoms with Gasteiger partial charge in [0.1, 0.15) is 5.82 Å². The van der Waals surface area contributed by atoms with E-state index in [0.717, 1.165) is 44.6 Å². The third-order valence-corrected chi connectivity index (χ3v) is 9.93. The molecule has 3 heterocycles. The predicted octanol–water partition coefficient (Wildman–Crippen LogP) is 12.2. The number of hydrogen-bond acceptors (Lipinski definition) is 3. The zero-order chi connectivity index (χ0) is 36.4. The normalized spacial score (nSPS) is 11.9. The number of ether oxygens (including phenoxy) is 1. The third kappa shape index (κ3) is 6.76. The van der Waals surface area contributed by atoms with Crippen LogP contribution in [-0.4, -0.2) is 19.3 Å². The standard InChI is InChI=1S/C46H48N4O.Pt/c1-27(2)33-22-35(50-45(28(3)4)44(32(8)48-50)43-30(6)20-29(5)21-31(43)7)25-37(23-33)51-36-16-17-39-38-14-12-13-15-40(38)49(41(39)26-36)42-24-34(18-19-47-42)46(9,10)11;/h12-24,27-28H,1-11H3;/q-2;+2. The van der Waals surface area contributed by atoms with Crippen molar-refractivity contribution in [1.82, 2.24) is 19.3 Å². The third-order valence-electron chi connectivity index (χ3n) is 9.93. The van der Waals surface area contributed by atoms with Gasteiger partial charge < -0.3 is 9.30 Å². The zero-order valence-corrected chi connectivity index (χ0v) is 34.4. The minimum absolute atomic E-state index is 0. The van der Waals surface area contributed by atoms with Crippen molar-refractivity contribution >= 4 is 21.8 Å². The van der Waals surface area contributed by atoms with Gasteiger partial charge in [0.05, 0.1) is 11.4 Å². The van der Waals surface area contributed by atoms with E-state index in [2.05, 4.69) is 164 Å². The average Bonchev–Trinajstić information content (AvgIpc) is 3.58. The number of aromatic nitrogens is 4. The first kappa shape index (κ1) is 37.3. The van der Waals surface area contributed by atoms with E-state index in [0.29, 0.717) is 11.5 Å². The summed E-state index contributed by atoms with van der Waals surface area (Å²) in [5, 5.41) is 7.43. The van der Waals surface area contributed by atoms with E-state index < -0.39 is 0 Å². The summed E-state index contributed by atoms with van der Waals surface area (Å²) in [6.45, 7) is 24.3. The zero-order valence-electron chi connectivity index (χ0n) is 32.2. The van der Waals surface area contributed by atoms with Crippen molar-refractivity contribution in [1.29, 1.82) is 0 Å². The molecule has 7 aromatic rings. The molecule has 0 N–H and O–H groups in total. The number of rotatable bonds is 7. The van der Waals surface area contributed by atoms with Crippen LogP contribution in [0.25, 0.3) is 44.4 Å². The van der Waals surface area contributed by atoms with E-state index in [1.54, 1.807) is 0 Å². The molecule has 0 saturated heterocycles. The minimum Gasteiger partial charge on any atom is -0.509 e. The molecule has 0 aliphatic rings. The smallest absolute Gasteiger partial charge is 0.509 e. The molecule has 268 valence electrons. The fourth-order valence-corrected chi connectivity index (χ4v) is 7.49. The number of fused-ring (bicyclic) bond motifs is 3. The number of hydrogen-bond donors (Lipinski definition) is 0. The van der Waals surface area contributed by atoms with Gasteiger partial charge in [-0.1, -0.05) is 89.9 Å². The summed E-state index contributed by atoms with van der Waals surface area (Å²) in [7, 11) is 0. The Morgan fingerprint density at radius 3 is 2.12 bits per heavy atom. The molecule has 0 aliphatic heterocycles. The Morgan fingerprint density at radius 1 is 0.731 bits per heavy atom. The summed E-state index contributed by atoms with van der Waals surface area (Å²) in [6.07, 6.45) is 1.90. The van der Waals surface area contributed by atoms with E-state index in [1.807, 2.05) is 12.3 Å². The second-order valence-corrected chi connectivity index (χ2v) is 15.7. The summed E-state index contributed by atoms with van der Waals surface area (Å²) in [5.74, 6) is 2.62. The monoisotopic (exact) mass is 867 g/mol. The quantitative estimate of drug-likeness (QED) is 0.150. The van der Waals surface area contributed by atoms with Crippen LogP contribution < -0.4 is 4.74 Å². The minimum atomic E-state index is -0.00941. The summed E-state index contributed by atoms with van der Waals surface area (Å²) < 4.78 is 11.0.